The number of aryl methyl sites for hydroxylation is 1. The molecule has 2 aromatic heterocycles. The molecule has 2 heterocycles. The van der Waals surface area contributed by atoms with E-state index in [2.05, 4.69) is 10.6 Å². The van der Waals surface area contributed by atoms with E-state index in [-0.39, 0.29) is 17.6 Å². The van der Waals surface area contributed by atoms with Gasteiger partial charge in [-0.05, 0) is 48.9 Å². The molecule has 0 spiro atoms. The van der Waals surface area contributed by atoms with Crippen LogP contribution in [0.2, 0.25) is 10.0 Å². The summed E-state index contributed by atoms with van der Waals surface area (Å²) in [7, 11) is 0. The van der Waals surface area contributed by atoms with Crippen molar-refractivity contribution in [2.75, 3.05) is 10.6 Å². The lowest BCUT2D eigenvalue weighted by molar-refractivity contribution is 0.0995. The van der Waals surface area contributed by atoms with Gasteiger partial charge in [0.05, 0.1) is 26.9 Å². The molecule has 0 aliphatic heterocycles. The lowest BCUT2D eigenvalue weighted by atomic mass is 10.2. The molecule has 8 heteroatoms. The number of hydrogen-bond donors (Lipinski definition) is 2. The second-order valence-corrected chi connectivity index (χ2v) is 7.03. The van der Waals surface area contributed by atoms with Crippen LogP contribution >= 0.6 is 34.5 Å². The maximum absolute atomic E-state index is 12.5. The zero-order valence-electron chi connectivity index (χ0n) is 12.9. The van der Waals surface area contributed by atoms with Gasteiger partial charge < -0.3 is 15.1 Å². The van der Waals surface area contributed by atoms with Gasteiger partial charge in [-0.3, -0.25) is 9.59 Å². The summed E-state index contributed by atoms with van der Waals surface area (Å²) in [5.74, 6) is -0.510. The van der Waals surface area contributed by atoms with Crippen LogP contribution in [0.3, 0.4) is 0 Å². The first kappa shape index (κ1) is 17.5. The molecule has 3 aromatic rings. The average molecular weight is 395 g/mol. The van der Waals surface area contributed by atoms with E-state index in [0.717, 1.165) is 16.9 Å². The maximum atomic E-state index is 12.5. The van der Waals surface area contributed by atoms with Gasteiger partial charge in [-0.25, -0.2) is 0 Å². The summed E-state index contributed by atoms with van der Waals surface area (Å²) < 4.78 is 5.04. The molecule has 0 bridgehead atoms. The molecule has 0 fully saturated rings. The van der Waals surface area contributed by atoms with Crippen LogP contribution in [0, 0.1) is 6.92 Å². The highest BCUT2D eigenvalue weighted by molar-refractivity contribution is 7.18. The summed E-state index contributed by atoms with van der Waals surface area (Å²) in [6.45, 7) is 1.79. The first-order chi connectivity index (χ1) is 11.9. The molecule has 0 radical (unpaired) electrons. The Morgan fingerprint density at radius 1 is 1.08 bits per heavy atom. The van der Waals surface area contributed by atoms with Crippen molar-refractivity contribution < 1.29 is 14.0 Å². The highest BCUT2D eigenvalue weighted by Gasteiger charge is 2.17. The number of thiophene rings is 1. The molecule has 128 valence electrons. The first-order valence-electron chi connectivity index (χ1n) is 7.16. The molecule has 0 aliphatic rings. The monoisotopic (exact) mass is 394 g/mol. The molecule has 25 heavy (non-hydrogen) atoms. The third-order valence-corrected chi connectivity index (χ3v) is 5.00. The number of nitrogens with one attached hydrogen (secondary N) is 2. The fourth-order valence-corrected chi connectivity index (χ4v) is 3.42. The van der Waals surface area contributed by atoms with E-state index in [1.54, 1.807) is 43.3 Å². The van der Waals surface area contributed by atoms with Crippen LogP contribution in [0.4, 0.5) is 10.7 Å². The molecule has 0 saturated heterocycles. The smallest absolute Gasteiger partial charge is 0.291 e. The Balaban J connectivity index is 1.76. The minimum Gasteiger partial charge on any atom is -0.459 e. The van der Waals surface area contributed by atoms with Crippen molar-refractivity contribution in [3.05, 3.63) is 68.9 Å². The highest BCUT2D eigenvalue weighted by atomic mass is 35.5. The standard InChI is InChI=1S/C17H12Cl2N2O3S/c1-9-7-14(21-16(22)13-3-2-6-24-13)25-15(9)17(23)20-12-8-10(18)4-5-11(12)19/h2-8H,1H3,(H,20,23)(H,21,22). The summed E-state index contributed by atoms with van der Waals surface area (Å²) in [6.07, 6.45) is 1.42. The summed E-state index contributed by atoms with van der Waals surface area (Å²) in [5.41, 5.74) is 1.16. The van der Waals surface area contributed by atoms with Gasteiger partial charge in [-0.2, -0.15) is 0 Å². The SMILES string of the molecule is Cc1cc(NC(=O)c2ccco2)sc1C(=O)Nc1cc(Cl)ccc1Cl. The molecule has 0 aliphatic carbocycles. The summed E-state index contributed by atoms with van der Waals surface area (Å²) >= 11 is 13.1. The second-order valence-electron chi connectivity index (χ2n) is 5.13. The number of hydrogen-bond acceptors (Lipinski definition) is 4. The number of furan rings is 1. The molecule has 0 saturated carbocycles. The second kappa shape index (κ2) is 7.31. The van der Waals surface area contributed by atoms with Crippen LogP contribution in [0.5, 0.6) is 0 Å². The Labute approximate surface area is 157 Å². The number of amides is 2. The topological polar surface area (TPSA) is 71.3 Å². The first-order valence-corrected chi connectivity index (χ1v) is 8.73. The fourth-order valence-electron chi connectivity index (χ4n) is 2.12. The fraction of sp³-hybridized carbons (Fsp3) is 0.0588. The van der Waals surface area contributed by atoms with Crippen molar-refractivity contribution >= 4 is 57.0 Å². The minimum atomic E-state index is -0.379. The van der Waals surface area contributed by atoms with Gasteiger partial charge in [0.2, 0.25) is 0 Å². The molecule has 2 N–H and O–H groups in total. The van der Waals surface area contributed by atoms with E-state index in [9.17, 15) is 9.59 Å². The Morgan fingerprint density at radius 2 is 1.88 bits per heavy atom. The van der Waals surface area contributed by atoms with Crippen LogP contribution in [-0.2, 0) is 0 Å². The van der Waals surface area contributed by atoms with Gasteiger partial charge in [0.15, 0.2) is 5.76 Å². The Kier molecular flexibility index (Phi) is 5.13. The predicted molar refractivity (Wildman–Crippen MR) is 100 cm³/mol. The van der Waals surface area contributed by atoms with E-state index >= 15 is 0 Å². The summed E-state index contributed by atoms with van der Waals surface area (Å²) in [4.78, 5) is 25.0. The number of rotatable bonds is 4. The molecular weight excluding hydrogens is 383 g/mol. The number of anilines is 2. The number of benzene rings is 1. The van der Waals surface area contributed by atoms with Gasteiger partial charge in [0.25, 0.3) is 11.8 Å². The van der Waals surface area contributed by atoms with Crippen LogP contribution in [0.1, 0.15) is 25.8 Å². The van der Waals surface area contributed by atoms with E-state index in [4.69, 9.17) is 27.6 Å². The Morgan fingerprint density at radius 3 is 2.60 bits per heavy atom. The molecule has 0 atom stereocenters. The van der Waals surface area contributed by atoms with Crippen LogP contribution in [0.25, 0.3) is 0 Å². The summed E-state index contributed by atoms with van der Waals surface area (Å²) in [5, 5.41) is 6.83. The lowest BCUT2D eigenvalue weighted by Crippen LogP contribution is -2.11. The zero-order chi connectivity index (χ0) is 18.0. The summed E-state index contributed by atoms with van der Waals surface area (Å²) in [6, 6.07) is 9.73. The minimum absolute atomic E-state index is 0.197. The average Bonchev–Trinajstić information content (AvgIpc) is 3.20. The van der Waals surface area contributed by atoms with Crippen molar-refractivity contribution in [1.82, 2.24) is 0 Å². The maximum Gasteiger partial charge on any atom is 0.291 e. The lowest BCUT2D eigenvalue weighted by Gasteiger charge is -2.07. The molecule has 5 nitrogen and oxygen atoms in total. The van der Waals surface area contributed by atoms with Crippen molar-refractivity contribution in [3.8, 4) is 0 Å². The number of carbonyl (C=O) groups excluding carboxylic acids is 2. The van der Waals surface area contributed by atoms with Gasteiger partial charge in [-0.15, -0.1) is 11.3 Å². The number of halogens is 2. The highest BCUT2D eigenvalue weighted by Crippen LogP contribution is 2.30. The van der Waals surface area contributed by atoms with Crippen molar-refractivity contribution in [2.45, 2.75) is 6.92 Å². The van der Waals surface area contributed by atoms with Gasteiger partial charge >= 0.3 is 0 Å². The van der Waals surface area contributed by atoms with Gasteiger partial charge in [0, 0.05) is 5.02 Å². The van der Waals surface area contributed by atoms with Crippen molar-refractivity contribution in [1.29, 1.82) is 0 Å². The largest absolute Gasteiger partial charge is 0.459 e. The third kappa shape index (κ3) is 4.04. The van der Waals surface area contributed by atoms with E-state index in [1.807, 2.05) is 0 Å². The molecule has 0 unspecified atom stereocenters. The van der Waals surface area contributed by atoms with Crippen LogP contribution in [-0.4, -0.2) is 11.8 Å². The Bertz CT molecular complexity index is 936. The van der Waals surface area contributed by atoms with Crippen molar-refractivity contribution in [3.63, 3.8) is 0 Å². The van der Waals surface area contributed by atoms with Crippen molar-refractivity contribution in [2.24, 2.45) is 0 Å². The molecular formula is C17H12Cl2N2O3S. The van der Waals surface area contributed by atoms with Gasteiger partial charge in [-0.1, -0.05) is 23.2 Å². The van der Waals surface area contributed by atoms with E-state index in [0.29, 0.717) is 25.6 Å². The molecule has 3 rings (SSSR count). The Hall–Kier alpha value is -2.28. The molecule has 2 amide bonds. The van der Waals surface area contributed by atoms with Crippen LogP contribution in [0.15, 0.2) is 47.1 Å². The van der Waals surface area contributed by atoms with E-state index in [1.165, 1.54) is 6.26 Å². The normalized spacial score (nSPS) is 10.5. The third-order valence-electron chi connectivity index (χ3n) is 3.28. The quantitative estimate of drug-likeness (QED) is 0.616. The predicted octanol–water partition coefficient (Wildman–Crippen LogP) is 5.46. The zero-order valence-corrected chi connectivity index (χ0v) is 15.3. The molecule has 1 aromatic carbocycles. The van der Waals surface area contributed by atoms with Gasteiger partial charge in [0.1, 0.15) is 0 Å². The van der Waals surface area contributed by atoms with E-state index < -0.39 is 0 Å². The van der Waals surface area contributed by atoms with Crippen LogP contribution < -0.4 is 10.6 Å². The number of carbonyl (C=O) groups is 2.